The van der Waals surface area contributed by atoms with E-state index < -0.39 is 11.8 Å². The number of nitrogens with zero attached hydrogens (tertiary/aromatic N) is 1. The van der Waals surface area contributed by atoms with Gasteiger partial charge in [0.25, 0.3) is 0 Å². The lowest BCUT2D eigenvalue weighted by molar-refractivity contribution is -0.141. The van der Waals surface area contributed by atoms with E-state index in [1.165, 1.54) is 0 Å². The van der Waals surface area contributed by atoms with Crippen LogP contribution in [-0.2, 0) is 35.9 Å². The average molecular weight is 672 g/mol. The van der Waals surface area contributed by atoms with E-state index in [0.717, 1.165) is 33.4 Å². The second kappa shape index (κ2) is 16.2. The molecule has 1 saturated carbocycles. The van der Waals surface area contributed by atoms with Crippen LogP contribution in [0.15, 0.2) is 170 Å². The average Bonchev–Trinajstić information content (AvgIpc) is 3.53. The topological polar surface area (TPSA) is 55.8 Å². The van der Waals surface area contributed by atoms with Gasteiger partial charge in [-0.2, -0.15) is 0 Å². The zero-order valence-corrected chi connectivity index (χ0v) is 28.5. The van der Waals surface area contributed by atoms with Crippen molar-refractivity contribution in [2.24, 2.45) is 5.92 Å². The lowest BCUT2D eigenvalue weighted by Crippen LogP contribution is -2.39. The van der Waals surface area contributed by atoms with Crippen molar-refractivity contribution in [1.82, 2.24) is 4.90 Å². The van der Waals surface area contributed by atoms with Gasteiger partial charge in [-0.25, -0.2) is 0 Å². The number of carbonyl (C=O) groups is 2. The molecule has 6 aromatic rings. The Labute approximate surface area is 300 Å². The number of hydrogen-bond acceptors (Lipinski definition) is 4. The maximum absolute atomic E-state index is 15.0. The molecule has 51 heavy (non-hydrogen) atoms. The standard InChI is InChI=1S/C46H41NO4/c48-41-29-40(38-25-13-15-27-42(38)50-32-36-21-9-3-10-22-36)44(39-26-14-16-28-43(39)51-33-37-23-11-4-12-24-37)45(41)46(49)47(30-34-17-5-1-6-18-34)31-35-19-7-2-8-20-35/h1-28,40,44-45H,29-33H2/t40-,44-,45-/m1/s1. The molecule has 0 unspecified atom stereocenters. The highest BCUT2D eigenvalue weighted by molar-refractivity contribution is 6.05. The van der Waals surface area contributed by atoms with Crippen molar-refractivity contribution in [1.29, 1.82) is 0 Å². The van der Waals surface area contributed by atoms with Gasteiger partial charge >= 0.3 is 0 Å². The fourth-order valence-corrected chi connectivity index (χ4v) is 7.19. The van der Waals surface area contributed by atoms with Gasteiger partial charge in [0.15, 0.2) is 0 Å². The first-order chi connectivity index (χ1) is 25.1. The number of hydrogen-bond donors (Lipinski definition) is 0. The van der Waals surface area contributed by atoms with E-state index >= 15 is 4.79 Å². The Morgan fingerprint density at radius 2 is 0.902 bits per heavy atom. The van der Waals surface area contributed by atoms with E-state index in [4.69, 9.17) is 9.47 Å². The van der Waals surface area contributed by atoms with Crippen LogP contribution in [0.5, 0.6) is 11.5 Å². The third kappa shape index (κ3) is 8.11. The molecular weight excluding hydrogens is 631 g/mol. The van der Waals surface area contributed by atoms with Crippen LogP contribution in [0.4, 0.5) is 0 Å². The molecule has 3 atom stereocenters. The van der Waals surface area contributed by atoms with Gasteiger partial charge in [-0.1, -0.05) is 158 Å². The van der Waals surface area contributed by atoms with Crippen molar-refractivity contribution in [3.05, 3.63) is 203 Å². The summed E-state index contributed by atoms with van der Waals surface area (Å²) in [4.78, 5) is 31.3. The number of ketones is 1. The smallest absolute Gasteiger partial charge is 0.234 e. The molecule has 0 spiro atoms. The van der Waals surface area contributed by atoms with Crippen LogP contribution in [0.3, 0.4) is 0 Å². The zero-order valence-electron chi connectivity index (χ0n) is 28.5. The lowest BCUT2D eigenvalue weighted by Gasteiger charge is -2.31. The minimum absolute atomic E-state index is 0.0724. The second-order valence-electron chi connectivity index (χ2n) is 13.1. The Balaban J connectivity index is 1.29. The van der Waals surface area contributed by atoms with Crippen LogP contribution >= 0.6 is 0 Å². The van der Waals surface area contributed by atoms with Crippen LogP contribution in [0.25, 0.3) is 0 Å². The van der Waals surface area contributed by atoms with E-state index in [-0.39, 0.29) is 24.0 Å². The van der Waals surface area contributed by atoms with E-state index in [1.54, 1.807) is 0 Å². The summed E-state index contributed by atoms with van der Waals surface area (Å²) in [5, 5.41) is 0. The second-order valence-corrected chi connectivity index (χ2v) is 13.1. The van der Waals surface area contributed by atoms with Gasteiger partial charge in [0.1, 0.15) is 36.4 Å². The number of rotatable bonds is 13. The first-order valence-corrected chi connectivity index (χ1v) is 17.5. The number of benzene rings is 6. The Morgan fingerprint density at radius 3 is 1.39 bits per heavy atom. The Kier molecular flexibility index (Phi) is 10.6. The number of carbonyl (C=O) groups excluding carboxylic acids is 2. The van der Waals surface area contributed by atoms with Gasteiger partial charge in [0.2, 0.25) is 5.91 Å². The number of Topliss-reactive ketones (excluding diaryl/α,β-unsaturated/α-hetero) is 1. The Morgan fingerprint density at radius 1 is 0.510 bits per heavy atom. The molecule has 1 aliphatic carbocycles. The molecule has 5 nitrogen and oxygen atoms in total. The first kappa shape index (κ1) is 33.6. The summed E-state index contributed by atoms with van der Waals surface area (Å²) < 4.78 is 13.0. The van der Waals surface area contributed by atoms with E-state index in [0.29, 0.717) is 37.8 Å². The van der Waals surface area contributed by atoms with Gasteiger partial charge in [0, 0.05) is 31.3 Å². The molecule has 0 N–H and O–H groups in total. The molecule has 254 valence electrons. The van der Waals surface area contributed by atoms with Gasteiger partial charge < -0.3 is 14.4 Å². The first-order valence-electron chi connectivity index (χ1n) is 17.5. The minimum Gasteiger partial charge on any atom is -0.489 e. The molecule has 0 aromatic heterocycles. The van der Waals surface area contributed by atoms with Gasteiger partial charge in [-0.15, -0.1) is 0 Å². The molecule has 5 heteroatoms. The summed E-state index contributed by atoms with van der Waals surface area (Å²) in [6, 6.07) is 55.8. The molecule has 0 heterocycles. The van der Waals surface area contributed by atoms with Crippen LogP contribution in [0, 0.1) is 5.92 Å². The van der Waals surface area contributed by atoms with Crippen LogP contribution in [-0.4, -0.2) is 16.6 Å². The molecule has 0 bridgehead atoms. The Bertz CT molecular complexity index is 1990. The summed E-state index contributed by atoms with van der Waals surface area (Å²) in [5.41, 5.74) is 5.86. The highest BCUT2D eigenvalue weighted by Crippen LogP contribution is 2.52. The van der Waals surface area contributed by atoms with Crippen LogP contribution in [0.2, 0.25) is 0 Å². The summed E-state index contributed by atoms with van der Waals surface area (Å²) in [6.45, 7) is 1.54. The summed E-state index contributed by atoms with van der Waals surface area (Å²) in [6.07, 6.45) is 0.213. The molecular formula is C46H41NO4. The maximum Gasteiger partial charge on any atom is 0.234 e. The van der Waals surface area contributed by atoms with E-state index in [2.05, 4.69) is 0 Å². The van der Waals surface area contributed by atoms with Crippen molar-refractivity contribution in [2.75, 3.05) is 0 Å². The molecule has 1 aliphatic rings. The summed E-state index contributed by atoms with van der Waals surface area (Å²) in [5.74, 6) is -0.569. The largest absolute Gasteiger partial charge is 0.489 e. The van der Waals surface area contributed by atoms with Crippen molar-refractivity contribution in [3.8, 4) is 11.5 Å². The fourth-order valence-electron chi connectivity index (χ4n) is 7.19. The number of para-hydroxylation sites is 2. The SMILES string of the molecule is O=C1C[C@H](c2ccccc2OCc2ccccc2)[C@@H](c2ccccc2OCc2ccccc2)[C@@H]1C(=O)N(Cc1ccccc1)Cc1ccccc1. The molecule has 1 fully saturated rings. The lowest BCUT2D eigenvalue weighted by atomic mass is 9.78. The van der Waals surface area contributed by atoms with E-state index in [9.17, 15) is 4.79 Å². The van der Waals surface area contributed by atoms with Gasteiger partial charge in [-0.3, -0.25) is 9.59 Å². The predicted octanol–water partition coefficient (Wildman–Crippen LogP) is 9.53. The molecule has 6 aromatic carbocycles. The summed E-state index contributed by atoms with van der Waals surface area (Å²) in [7, 11) is 0. The van der Waals surface area contributed by atoms with E-state index in [1.807, 2.05) is 175 Å². The number of ether oxygens (including phenoxy) is 2. The number of amides is 1. The summed E-state index contributed by atoms with van der Waals surface area (Å²) >= 11 is 0. The fraction of sp³-hybridized carbons (Fsp3) is 0.174. The highest BCUT2D eigenvalue weighted by Gasteiger charge is 2.50. The Hall–Kier alpha value is -5.94. The molecule has 0 radical (unpaired) electrons. The van der Waals surface area contributed by atoms with Crippen molar-refractivity contribution < 1.29 is 19.1 Å². The quantitative estimate of drug-likeness (QED) is 0.115. The third-order valence-corrected chi connectivity index (χ3v) is 9.64. The zero-order chi connectivity index (χ0) is 34.8. The van der Waals surface area contributed by atoms with Crippen LogP contribution < -0.4 is 9.47 Å². The highest BCUT2D eigenvalue weighted by atomic mass is 16.5. The van der Waals surface area contributed by atoms with Crippen molar-refractivity contribution in [3.63, 3.8) is 0 Å². The molecule has 7 rings (SSSR count). The van der Waals surface area contributed by atoms with Gasteiger partial charge in [0.05, 0.1) is 0 Å². The predicted molar refractivity (Wildman–Crippen MR) is 200 cm³/mol. The molecule has 1 amide bonds. The molecule has 0 aliphatic heterocycles. The monoisotopic (exact) mass is 671 g/mol. The third-order valence-electron chi connectivity index (χ3n) is 9.64. The van der Waals surface area contributed by atoms with Crippen molar-refractivity contribution in [2.45, 2.75) is 44.6 Å². The van der Waals surface area contributed by atoms with Crippen molar-refractivity contribution >= 4 is 11.7 Å². The normalized spacial score (nSPS) is 16.8. The van der Waals surface area contributed by atoms with Crippen LogP contribution in [0.1, 0.15) is 51.6 Å². The maximum atomic E-state index is 15.0. The minimum atomic E-state index is -0.911. The molecule has 0 saturated heterocycles. The van der Waals surface area contributed by atoms with Gasteiger partial charge in [-0.05, 0) is 45.5 Å².